The van der Waals surface area contributed by atoms with E-state index in [9.17, 15) is 10.2 Å². The minimum atomic E-state index is -1.93. The minimum absolute atomic E-state index is 0.341. The Morgan fingerprint density at radius 1 is 0.500 bits per heavy atom. The smallest absolute Gasteiger partial charge is 0.131 e. The van der Waals surface area contributed by atoms with Gasteiger partial charge in [0.15, 0.2) is 0 Å². The fourth-order valence-corrected chi connectivity index (χ4v) is 14.4. The molecule has 0 heterocycles. The second-order valence-electron chi connectivity index (χ2n) is 10.4. The highest BCUT2D eigenvalue weighted by Crippen LogP contribution is 2.44. The van der Waals surface area contributed by atoms with Crippen LogP contribution in [0.25, 0.3) is 32.7 Å². The van der Waals surface area contributed by atoms with Crippen molar-refractivity contribution < 1.29 is 10.2 Å². The van der Waals surface area contributed by atoms with E-state index in [-0.39, 0.29) is 0 Å². The second kappa shape index (κ2) is 10.4. The van der Waals surface area contributed by atoms with Gasteiger partial charge in [0, 0.05) is 21.9 Å². The lowest BCUT2D eigenvalue weighted by Crippen LogP contribution is -2.50. The molecule has 36 heavy (non-hydrogen) atoms. The van der Waals surface area contributed by atoms with Crippen LogP contribution in [0, 0.1) is 0 Å². The highest BCUT2D eigenvalue weighted by Gasteiger charge is 2.39. The lowest BCUT2D eigenvalue weighted by Gasteiger charge is -2.36. The number of hydrogen-bond acceptors (Lipinski definition) is 2. The molecule has 0 atom stereocenters. The lowest BCUT2D eigenvalue weighted by molar-refractivity contribution is 0.476. The molecule has 0 aliphatic heterocycles. The van der Waals surface area contributed by atoms with Gasteiger partial charge in [0.2, 0.25) is 0 Å². The summed E-state index contributed by atoms with van der Waals surface area (Å²) in [5.41, 5.74) is 1.83. The summed E-state index contributed by atoms with van der Waals surface area (Å²) in [5, 5.41) is 30.7. The summed E-state index contributed by atoms with van der Waals surface area (Å²) in [7, 11) is -3.86. The monoisotopic (exact) mass is 514 g/mol. The van der Waals surface area contributed by atoms with Crippen LogP contribution in [-0.4, -0.2) is 26.4 Å². The van der Waals surface area contributed by atoms with E-state index in [2.05, 4.69) is 77.9 Å². The third-order valence-corrected chi connectivity index (χ3v) is 20.7. The van der Waals surface area contributed by atoms with Crippen molar-refractivity contribution in [2.24, 2.45) is 0 Å². The fourth-order valence-electron chi connectivity index (χ4n) is 6.64. The quantitative estimate of drug-likeness (QED) is 0.220. The third kappa shape index (κ3) is 3.99. The molecule has 0 aliphatic carbocycles. The summed E-state index contributed by atoms with van der Waals surface area (Å²) in [6.07, 6.45) is 0. The van der Waals surface area contributed by atoms with Crippen molar-refractivity contribution in [1.82, 2.24) is 0 Å². The van der Waals surface area contributed by atoms with Gasteiger partial charge in [0.1, 0.15) is 11.5 Å². The molecule has 0 aromatic heterocycles. The van der Waals surface area contributed by atoms with E-state index in [1.54, 1.807) is 0 Å². The van der Waals surface area contributed by atoms with Crippen LogP contribution in [0.3, 0.4) is 0 Å². The van der Waals surface area contributed by atoms with E-state index in [4.69, 9.17) is 0 Å². The zero-order valence-electron chi connectivity index (χ0n) is 22.9. The van der Waals surface area contributed by atoms with Gasteiger partial charge >= 0.3 is 0 Å². The maximum absolute atomic E-state index is 12.1. The Hall–Kier alpha value is -2.57. The normalized spacial score (nSPS) is 12.5. The first kappa shape index (κ1) is 26.5. The zero-order chi connectivity index (χ0) is 26.1. The summed E-state index contributed by atoms with van der Waals surface area (Å²) in [4.78, 5) is 0. The molecule has 0 saturated heterocycles. The van der Waals surface area contributed by atoms with Gasteiger partial charge in [0.25, 0.3) is 0 Å². The van der Waals surface area contributed by atoms with Crippen LogP contribution in [-0.2, 0) is 0 Å². The molecule has 4 aromatic carbocycles. The largest absolute Gasteiger partial charge is 0.507 e. The first-order valence-electron chi connectivity index (χ1n) is 13.9. The van der Waals surface area contributed by atoms with Crippen LogP contribution < -0.4 is 10.4 Å². The zero-order valence-corrected chi connectivity index (χ0v) is 24.9. The van der Waals surface area contributed by atoms with Crippen molar-refractivity contribution in [2.75, 3.05) is 0 Å². The van der Waals surface area contributed by atoms with Gasteiger partial charge in [-0.15, -0.1) is 0 Å². The molecule has 2 N–H and O–H groups in total. The van der Waals surface area contributed by atoms with Crippen LogP contribution in [0.1, 0.15) is 41.5 Å². The predicted molar refractivity (Wildman–Crippen MR) is 164 cm³/mol. The van der Waals surface area contributed by atoms with Crippen LogP contribution in [0.15, 0.2) is 60.7 Å². The van der Waals surface area contributed by atoms with Crippen LogP contribution in [0.4, 0.5) is 0 Å². The molecule has 2 nitrogen and oxygen atoms in total. The predicted octanol–water partition coefficient (Wildman–Crippen LogP) is 8.50. The summed E-state index contributed by atoms with van der Waals surface area (Å²) >= 11 is 0. The molecule has 190 valence electrons. The second-order valence-corrected chi connectivity index (χ2v) is 20.9. The lowest BCUT2D eigenvalue weighted by atomic mass is 9.95. The van der Waals surface area contributed by atoms with Gasteiger partial charge < -0.3 is 10.2 Å². The van der Waals surface area contributed by atoms with Gasteiger partial charge in [0.05, 0.1) is 16.1 Å². The van der Waals surface area contributed by atoms with Crippen molar-refractivity contribution in [1.29, 1.82) is 0 Å². The Labute approximate surface area is 219 Å². The molecule has 0 saturated carbocycles. The Morgan fingerprint density at radius 2 is 0.806 bits per heavy atom. The molecule has 4 heteroatoms. The average Bonchev–Trinajstić information content (AvgIpc) is 2.92. The van der Waals surface area contributed by atoms with Crippen LogP contribution >= 0.6 is 0 Å². The molecule has 0 aliphatic rings. The fraction of sp³-hybridized carbons (Fsp3) is 0.375. The molecule has 0 unspecified atom stereocenters. The highest BCUT2D eigenvalue weighted by atomic mass is 28.3. The number of phenols is 2. The number of fused-ring (bicyclic) bond motifs is 2. The molecule has 0 bridgehead atoms. The minimum Gasteiger partial charge on any atom is -0.507 e. The SMILES string of the molecule is CC[Si](CC)(CC)c1cc2ccccc2c(O)c1-c1c([Si](CC)(CC)CC)cc2ccccc2c1O. The molecule has 0 radical (unpaired) electrons. The molecular weight excluding hydrogens is 473 g/mol. The van der Waals surface area contributed by atoms with E-state index in [1.807, 2.05) is 24.3 Å². The van der Waals surface area contributed by atoms with Crippen molar-refractivity contribution in [3.63, 3.8) is 0 Å². The van der Waals surface area contributed by atoms with Gasteiger partial charge in [-0.2, -0.15) is 0 Å². The number of phenolic OH excluding ortho intramolecular Hbond substituents is 2. The Kier molecular flexibility index (Phi) is 7.68. The van der Waals surface area contributed by atoms with Gasteiger partial charge in [-0.1, -0.05) is 138 Å². The highest BCUT2D eigenvalue weighted by molar-refractivity contribution is 6.94. The number of benzene rings is 4. The summed E-state index contributed by atoms with van der Waals surface area (Å²) in [6.45, 7) is 13.9. The Balaban J connectivity index is 2.29. The number of rotatable bonds is 9. The van der Waals surface area contributed by atoms with Crippen LogP contribution in [0.2, 0.25) is 36.3 Å². The van der Waals surface area contributed by atoms with E-state index in [0.29, 0.717) is 11.5 Å². The van der Waals surface area contributed by atoms with E-state index >= 15 is 0 Å². The molecule has 4 aromatic rings. The number of hydrogen-bond donors (Lipinski definition) is 2. The maximum atomic E-state index is 12.1. The molecular formula is C32H42O2Si2. The first-order chi connectivity index (χ1) is 17.4. The third-order valence-electron chi connectivity index (χ3n) is 9.50. The molecule has 0 amide bonds. The van der Waals surface area contributed by atoms with Crippen molar-refractivity contribution in [3.05, 3.63) is 60.7 Å². The molecule has 4 rings (SSSR count). The van der Waals surface area contributed by atoms with Gasteiger partial charge in [-0.25, -0.2) is 0 Å². The summed E-state index contributed by atoms with van der Waals surface area (Å²) in [6, 6.07) is 27.8. The van der Waals surface area contributed by atoms with Gasteiger partial charge in [-0.05, 0) is 21.1 Å². The first-order valence-corrected chi connectivity index (χ1v) is 19.1. The topological polar surface area (TPSA) is 40.5 Å². The Morgan fingerprint density at radius 3 is 1.11 bits per heavy atom. The molecule has 0 fully saturated rings. The van der Waals surface area contributed by atoms with Gasteiger partial charge in [-0.3, -0.25) is 0 Å². The van der Waals surface area contributed by atoms with E-state index < -0.39 is 16.1 Å². The van der Waals surface area contributed by atoms with E-state index in [1.165, 1.54) is 10.4 Å². The average molecular weight is 515 g/mol. The standard InChI is InChI=1S/C32H42O2Si2/c1-7-35(8-2,9-3)27-21-23-17-13-15-19-25(23)31(33)29(27)30-28(36(10-4,11-5)12-6)22-24-18-14-16-20-26(24)32(30)34/h13-22,33-34H,7-12H2,1-6H3. The number of aromatic hydroxyl groups is 2. The van der Waals surface area contributed by atoms with Crippen LogP contribution in [0.5, 0.6) is 11.5 Å². The van der Waals surface area contributed by atoms with Crippen molar-refractivity contribution in [3.8, 4) is 22.6 Å². The van der Waals surface area contributed by atoms with Crippen molar-refractivity contribution in [2.45, 2.75) is 77.8 Å². The summed E-state index contributed by atoms with van der Waals surface area (Å²) in [5.74, 6) is 0.682. The summed E-state index contributed by atoms with van der Waals surface area (Å²) < 4.78 is 0. The molecule has 0 spiro atoms. The van der Waals surface area contributed by atoms with E-state index in [0.717, 1.165) is 68.9 Å². The maximum Gasteiger partial charge on any atom is 0.131 e. The Bertz CT molecular complexity index is 1260. The van der Waals surface area contributed by atoms with Crippen molar-refractivity contribution >= 4 is 48.1 Å².